The average molecular weight is 122 g/mol. The van der Waals surface area contributed by atoms with Crippen LogP contribution in [0.4, 0.5) is 0 Å². The molecule has 0 aromatic rings. The van der Waals surface area contributed by atoms with Crippen molar-refractivity contribution in [1.82, 2.24) is 0 Å². The number of nitrogens with zero attached hydrogens (tertiary/aromatic N) is 2. The van der Waals surface area contributed by atoms with Crippen LogP contribution in [0, 0.1) is 0 Å². The minimum absolute atomic E-state index is 0.299. The van der Waals surface area contributed by atoms with Crippen molar-refractivity contribution in [2.45, 2.75) is 19.9 Å². The summed E-state index contributed by atoms with van der Waals surface area (Å²) in [6.07, 6.45) is 5.34. The first kappa shape index (κ1) is 6.20. The van der Waals surface area contributed by atoms with Gasteiger partial charge in [0.2, 0.25) is 0 Å². The molecular weight excluding hydrogens is 112 g/mol. The molecule has 1 heterocycles. The average Bonchev–Trinajstić information content (AvgIpc) is 1.99. The van der Waals surface area contributed by atoms with Crippen LogP contribution in [-0.4, -0.2) is 18.6 Å². The van der Waals surface area contributed by atoms with Crippen LogP contribution >= 0.6 is 0 Å². The minimum atomic E-state index is 0.299. The van der Waals surface area contributed by atoms with Gasteiger partial charge in [0, 0.05) is 6.21 Å². The molecule has 48 valence electrons. The van der Waals surface area contributed by atoms with Crippen LogP contribution in [0.2, 0.25) is 0 Å². The Kier molecular flexibility index (Phi) is 1.78. The van der Waals surface area contributed by atoms with Crippen LogP contribution in [0.15, 0.2) is 21.6 Å². The lowest BCUT2D eigenvalue weighted by atomic mass is 10.1. The first-order valence-corrected chi connectivity index (χ1v) is 3.02. The Morgan fingerprint density at radius 2 is 2.33 bits per heavy atom. The van der Waals surface area contributed by atoms with Gasteiger partial charge >= 0.3 is 0 Å². The Labute approximate surface area is 55.0 Å². The Balaban J connectivity index is 2.80. The van der Waals surface area contributed by atoms with Crippen LogP contribution in [0.25, 0.3) is 0 Å². The lowest BCUT2D eigenvalue weighted by Crippen LogP contribution is -1.97. The monoisotopic (exact) mass is 122 g/mol. The summed E-state index contributed by atoms with van der Waals surface area (Å²) in [6, 6.07) is 0.299. The smallest absolute Gasteiger partial charge is 0.110 e. The maximum atomic E-state index is 4.11. The van der Waals surface area contributed by atoms with Gasteiger partial charge in [-0.2, -0.15) is 0 Å². The number of allylic oxidation sites excluding steroid dienone is 1. The predicted molar refractivity (Wildman–Crippen MR) is 40.2 cm³/mol. The molecule has 0 saturated heterocycles. The molecule has 1 rings (SSSR count). The fourth-order valence-corrected chi connectivity index (χ4v) is 0.594. The van der Waals surface area contributed by atoms with E-state index < -0.39 is 0 Å². The molecule has 0 aromatic heterocycles. The van der Waals surface area contributed by atoms with E-state index in [1.165, 1.54) is 5.57 Å². The lowest BCUT2D eigenvalue weighted by Gasteiger charge is -2.01. The summed E-state index contributed by atoms with van der Waals surface area (Å²) in [5.74, 6) is 0. The topological polar surface area (TPSA) is 24.7 Å². The van der Waals surface area contributed by atoms with Crippen molar-refractivity contribution in [3.63, 3.8) is 0 Å². The summed E-state index contributed by atoms with van der Waals surface area (Å²) < 4.78 is 0. The second-order valence-electron chi connectivity index (χ2n) is 2.15. The fourth-order valence-electron chi connectivity index (χ4n) is 0.594. The number of hydrogen-bond acceptors (Lipinski definition) is 2. The van der Waals surface area contributed by atoms with E-state index in [1.54, 1.807) is 12.6 Å². The minimum Gasteiger partial charge on any atom is -0.266 e. The van der Waals surface area contributed by atoms with E-state index >= 15 is 0 Å². The van der Waals surface area contributed by atoms with Crippen LogP contribution in [0.1, 0.15) is 13.8 Å². The normalized spacial score (nSPS) is 25.6. The highest BCUT2D eigenvalue weighted by Gasteiger charge is 1.99. The van der Waals surface area contributed by atoms with Gasteiger partial charge in [0.15, 0.2) is 0 Å². The molecule has 1 unspecified atom stereocenters. The maximum Gasteiger partial charge on any atom is 0.110 e. The van der Waals surface area contributed by atoms with E-state index in [-0.39, 0.29) is 0 Å². The van der Waals surface area contributed by atoms with Crippen LogP contribution in [-0.2, 0) is 0 Å². The molecule has 0 spiro atoms. The van der Waals surface area contributed by atoms with Crippen LogP contribution in [0.3, 0.4) is 0 Å². The zero-order valence-electron chi connectivity index (χ0n) is 5.70. The van der Waals surface area contributed by atoms with Gasteiger partial charge in [-0.3, -0.25) is 4.99 Å². The third-order valence-electron chi connectivity index (χ3n) is 1.44. The Morgan fingerprint density at radius 1 is 1.56 bits per heavy atom. The highest BCUT2D eigenvalue weighted by atomic mass is 14.9. The summed E-state index contributed by atoms with van der Waals surface area (Å²) >= 11 is 0. The SMILES string of the molecule is CC1=CC=NC=NC1C. The van der Waals surface area contributed by atoms with Crippen molar-refractivity contribution < 1.29 is 0 Å². The summed E-state index contributed by atoms with van der Waals surface area (Å²) in [5.41, 5.74) is 1.26. The molecule has 0 aliphatic carbocycles. The number of aliphatic imine (C=N–C) groups is 2. The Bertz CT molecular complexity index is 177. The first-order valence-electron chi connectivity index (χ1n) is 3.02. The van der Waals surface area contributed by atoms with Gasteiger partial charge in [0.25, 0.3) is 0 Å². The van der Waals surface area contributed by atoms with Crippen LogP contribution < -0.4 is 0 Å². The van der Waals surface area contributed by atoms with E-state index in [1.807, 2.05) is 6.08 Å². The summed E-state index contributed by atoms with van der Waals surface area (Å²) in [5, 5.41) is 0. The molecular formula is C7H10N2. The molecule has 0 aromatic carbocycles. The van der Waals surface area contributed by atoms with Gasteiger partial charge in [0.1, 0.15) is 6.34 Å². The Morgan fingerprint density at radius 3 is 3.11 bits per heavy atom. The van der Waals surface area contributed by atoms with E-state index in [9.17, 15) is 0 Å². The van der Waals surface area contributed by atoms with Crippen molar-refractivity contribution >= 4 is 12.6 Å². The maximum absolute atomic E-state index is 4.11. The predicted octanol–water partition coefficient (Wildman–Crippen LogP) is 1.43. The largest absolute Gasteiger partial charge is 0.266 e. The Hall–Kier alpha value is -0.920. The van der Waals surface area contributed by atoms with Gasteiger partial charge in [0.05, 0.1) is 6.04 Å². The quantitative estimate of drug-likeness (QED) is 0.464. The molecule has 1 aliphatic heterocycles. The van der Waals surface area contributed by atoms with Crippen molar-refractivity contribution in [3.8, 4) is 0 Å². The summed E-state index contributed by atoms with van der Waals surface area (Å²) in [4.78, 5) is 7.99. The van der Waals surface area contributed by atoms with Gasteiger partial charge in [-0.05, 0) is 25.5 Å². The molecule has 0 N–H and O–H groups in total. The highest BCUT2D eigenvalue weighted by Crippen LogP contribution is 2.04. The van der Waals surface area contributed by atoms with E-state index in [2.05, 4.69) is 23.8 Å². The van der Waals surface area contributed by atoms with E-state index in [4.69, 9.17) is 0 Å². The molecule has 2 nitrogen and oxygen atoms in total. The first-order chi connectivity index (χ1) is 4.30. The van der Waals surface area contributed by atoms with Crippen molar-refractivity contribution in [3.05, 3.63) is 11.6 Å². The molecule has 1 atom stereocenters. The molecule has 1 aliphatic rings. The lowest BCUT2D eigenvalue weighted by molar-refractivity contribution is 0.870. The molecule has 2 heteroatoms. The number of rotatable bonds is 0. The van der Waals surface area contributed by atoms with Gasteiger partial charge in [-0.1, -0.05) is 0 Å². The molecule has 0 bridgehead atoms. The van der Waals surface area contributed by atoms with Crippen molar-refractivity contribution in [2.24, 2.45) is 9.98 Å². The van der Waals surface area contributed by atoms with E-state index in [0.29, 0.717) is 6.04 Å². The zero-order chi connectivity index (χ0) is 6.69. The number of hydrogen-bond donors (Lipinski definition) is 0. The third kappa shape index (κ3) is 1.49. The van der Waals surface area contributed by atoms with Crippen LogP contribution in [0.5, 0.6) is 0 Å². The zero-order valence-corrected chi connectivity index (χ0v) is 5.70. The molecule has 0 saturated carbocycles. The second-order valence-corrected chi connectivity index (χ2v) is 2.15. The standard InChI is InChI=1S/C7H10N2/c1-6-3-4-8-5-9-7(6)2/h3-5,7H,1-2H3. The highest BCUT2D eigenvalue weighted by molar-refractivity contribution is 5.81. The van der Waals surface area contributed by atoms with Gasteiger partial charge < -0.3 is 0 Å². The van der Waals surface area contributed by atoms with Crippen molar-refractivity contribution in [1.29, 1.82) is 0 Å². The van der Waals surface area contributed by atoms with E-state index in [0.717, 1.165) is 0 Å². The summed E-state index contributed by atoms with van der Waals surface area (Å²) in [6.45, 7) is 4.11. The summed E-state index contributed by atoms with van der Waals surface area (Å²) in [7, 11) is 0. The van der Waals surface area contributed by atoms with Gasteiger partial charge in [-0.15, -0.1) is 0 Å². The molecule has 9 heavy (non-hydrogen) atoms. The second kappa shape index (κ2) is 2.58. The fraction of sp³-hybridized carbons (Fsp3) is 0.429. The van der Waals surface area contributed by atoms with Gasteiger partial charge in [-0.25, -0.2) is 4.99 Å². The molecule has 0 amide bonds. The molecule has 0 fully saturated rings. The molecule has 0 radical (unpaired) electrons. The third-order valence-corrected chi connectivity index (χ3v) is 1.44. The van der Waals surface area contributed by atoms with Crippen molar-refractivity contribution in [2.75, 3.05) is 0 Å².